The number of carbonyl (C=O) groups is 3. The topological polar surface area (TPSA) is 217 Å². The van der Waals surface area contributed by atoms with Crippen LogP contribution in [0.2, 0.25) is 0 Å². The fourth-order valence-electron chi connectivity index (χ4n) is 3.47. The maximum absolute atomic E-state index is 12.6. The van der Waals surface area contributed by atoms with Gasteiger partial charge in [0.2, 0.25) is 0 Å². The Hall–Kier alpha value is -2.94. The van der Waals surface area contributed by atoms with Gasteiger partial charge in [0.1, 0.15) is 5.75 Å². The molecule has 13 nitrogen and oxygen atoms in total. The lowest BCUT2D eigenvalue weighted by molar-refractivity contribution is -0.165. The van der Waals surface area contributed by atoms with Crippen molar-refractivity contribution in [1.29, 1.82) is 0 Å². The number of nitrogen functional groups attached to an aromatic ring is 1. The largest absolute Gasteiger partial charge is 0.496 e. The van der Waals surface area contributed by atoms with Crippen LogP contribution in [0.3, 0.4) is 0 Å². The molecule has 0 aromatic heterocycles. The van der Waals surface area contributed by atoms with Gasteiger partial charge in [-0.1, -0.05) is 13.8 Å². The van der Waals surface area contributed by atoms with E-state index in [0.29, 0.717) is 12.6 Å². The number of nitrogens with two attached hydrogens (primary N) is 1. The van der Waals surface area contributed by atoms with Crippen molar-refractivity contribution in [3.05, 3.63) is 17.7 Å². The van der Waals surface area contributed by atoms with Gasteiger partial charge in [-0.15, -0.1) is 0 Å². The second-order valence-corrected chi connectivity index (χ2v) is 9.94. The normalized spacial score (nSPS) is 17.6. The molecular weight excluding hydrogens is 486 g/mol. The Kier molecular flexibility index (Phi) is 11.4. The molecule has 1 aromatic carbocycles. The second kappa shape index (κ2) is 13.2. The highest BCUT2D eigenvalue weighted by molar-refractivity contribution is 7.91. The van der Waals surface area contributed by atoms with E-state index in [4.69, 9.17) is 30.9 Å². The van der Waals surface area contributed by atoms with Crippen molar-refractivity contribution in [3.8, 4) is 5.75 Å². The number of carboxylic acids is 2. The molecule has 2 unspecified atom stereocenters. The zero-order valence-corrected chi connectivity index (χ0v) is 20.6. The van der Waals surface area contributed by atoms with Gasteiger partial charge >= 0.3 is 11.9 Å². The van der Waals surface area contributed by atoms with Crippen molar-refractivity contribution in [1.82, 2.24) is 10.2 Å². The Bertz CT molecular complexity index is 997. The lowest BCUT2D eigenvalue weighted by Gasteiger charge is -2.23. The number of aliphatic carboxylic acids is 2. The lowest BCUT2D eigenvalue weighted by Crippen LogP contribution is -2.40. The third kappa shape index (κ3) is 8.06. The number of sulfone groups is 1. The summed E-state index contributed by atoms with van der Waals surface area (Å²) in [5.74, 6) is -3.71. The Morgan fingerprint density at radius 1 is 1.17 bits per heavy atom. The molecule has 0 radical (unpaired) electrons. The van der Waals surface area contributed by atoms with Crippen LogP contribution >= 0.6 is 0 Å². The highest BCUT2D eigenvalue weighted by atomic mass is 32.2. The number of likely N-dealkylation sites (N-methyl/N-ethyl adjacent to an activating group) is 1. The van der Waals surface area contributed by atoms with Gasteiger partial charge in [0.25, 0.3) is 5.91 Å². The molecule has 0 bridgehead atoms. The number of ether oxygens (including phenoxy) is 1. The fraction of sp³-hybridized carbons (Fsp3) is 0.571. The number of nitrogens with one attached hydrogen (secondary N) is 1. The van der Waals surface area contributed by atoms with Crippen LogP contribution in [0.1, 0.15) is 37.0 Å². The molecule has 1 aliphatic heterocycles. The summed E-state index contributed by atoms with van der Waals surface area (Å²) >= 11 is 0. The number of aliphatic hydroxyl groups excluding tert-OH is 2. The molecule has 1 saturated heterocycles. The summed E-state index contributed by atoms with van der Waals surface area (Å²) in [6, 6.07) is 3.02. The highest BCUT2D eigenvalue weighted by Gasteiger charge is 2.29. The summed E-state index contributed by atoms with van der Waals surface area (Å²) in [5, 5.41) is 35.4. The number of likely N-dealkylation sites (tertiary alicyclic amines) is 1. The van der Waals surface area contributed by atoms with Crippen molar-refractivity contribution in [2.45, 2.75) is 49.8 Å². The van der Waals surface area contributed by atoms with Gasteiger partial charge in [-0.2, -0.15) is 0 Å². The number of anilines is 1. The van der Waals surface area contributed by atoms with Crippen LogP contribution in [0.15, 0.2) is 17.0 Å². The SMILES string of the molecule is CCN1CCC[C@H]1CNC(=O)c1cc(S(=O)(=O)CC)c(N)cc1OC.O=C(O)C(O)C(O)C(=O)O. The molecular formula is C21H33N3O10S. The third-order valence-corrected chi connectivity index (χ3v) is 7.28. The first-order valence-electron chi connectivity index (χ1n) is 10.8. The molecule has 1 aliphatic rings. The molecule has 1 aromatic rings. The Balaban J connectivity index is 0.000000518. The summed E-state index contributed by atoms with van der Waals surface area (Å²) in [5.41, 5.74) is 6.11. The standard InChI is InChI=1S/C17H27N3O4S.C4H6O6/c1-4-20-8-6-7-12(20)11-19-17(21)13-9-16(25(22,23)5-2)14(18)10-15(13)24-3;5-1(3(7)8)2(6)4(9)10/h9-10,12H,4-8,11,18H2,1-3H3,(H,19,21);1-2,5-6H,(H,7,8)(H,9,10)/t12-;/m0./s1. The maximum Gasteiger partial charge on any atom is 0.335 e. The van der Waals surface area contributed by atoms with Gasteiger partial charge in [0.15, 0.2) is 22.0 Å². The number of hydrogen-bond acceptors (Lipinski definition) is 10. The van der Waals surface area contributed by atoms with Crippen molar-refractivity contribution >= 4 is 33.4 Å². The molecule has 14 heteroatoms. The minimum Gasteiger partial charge on any atom is -0.496 e. The molecule has 0 aliphatic carbocycles. The summed E-state index contributed by atoms with van der Waals surface area (Å²) in [6.07, 6.45) is -2.36. The van der Waals surface area contributed by atoms with Gasteiger partial charge in [0, 0.05) is 18.7 Å². The number of methoxy groups -OCH3 is 1. The molecule has 1 fully saturated rings. The lowest BCUT2D eigenvalue weighted by atomic mass is 10.1. The number of carboxylic acid groups (broad SMARTS) is 2. The van der Waals surface area contributed by atoms with Gasteiger partial charge in [-0.3, -0.25) is 9.69 Å². The maximum atomic E-state index is 12.6. The van der Waals surface area contributed by atoms with Crippen LogP contribution in [-0.4, -0.2) is 102 Å². The minimum atomic E-state index is -3.52. The molecule has 35 heavy (non-hydrogen) atoms. The number of rotatable bonds is 10. The molecule has 198 valence electrons. The predicted molar refractivity (Wildman–Crippen MR) is 125 cm³/mol. The smallest absolute Gasteiger partial charge is 0.335 e. The second-order valence-electron chi connectivity index (χ2n) is 7.69. The van der Waals surface area contributed by atoms with Gasteiger partial charge < -0.3 is 36.2 Å². The molecule has 1 heterocycles. The average Bonchev–Trinajstić information content (AvgIpc) is 3.28. The van der Waals surface area contributed by atoms with E-state index in [1.165, 1.54) is 26.2 Å². The van der Waals surface area contributed by atoms with Crippen molar-refractivity contribution in [3.63, 3.8) is 0 Å². The summed E-state index contributed by atoms with van der Waals surface area (Å²) in [4.78, 5) is 34.4. The number of nitrogens with zero attached hydrogens (tertiary/aromatic N) is 1. The molecule has 2 rings (SSSR count). The van der Waals surface area contributed by atoms with Crippen LogP contribution in [0.5, 0.6) is 5.75 Å². The zero-order chi connectivity index (χ0) is 26.9. The van der Waals surface area contributed by atoms with Crippen LogP contribution in [0.4, 0.5) is 5.69 Å². The average molecular weight is 520 g/mol. The van der Waals surface area contributed by atoms with Crippen molar-refractivity contribution < 1.29 is 48.0 Å². The number of hydrogen-bond donors (Lipinski definition) is 6. The molecule has 3 atom stereocenters. The number of benzene rings is 1. The monoisotopic (exact) mass is 519 g/mol. The van der Waals surface area contributed by atoms with E-state index in [9.17, 15) is 22.8 Å². The number of carbonyl (C=O) groups excluding carboxylic acids is 1. The third-order valence-electron chi connectivity index (χ3n) is 5.50. The molecule has 0 saturated carbocycles. The van der Waals surface area contributed by atoms with Crippen LogP contribution in [0.25, 0.3) is 0 Å². The molecule has 7 N–H and O–H groups in total. The van der Waals surface area contributed by atoms with Crippen molar-refractivity contribution in [2.24, 2.45) is 0 Å². The Morgan fingerprint density at radius 3 is 2.20 bits per heavy atom. The number of aliphatic hydroxyl groups is 2. The first kappa shape index (κ1) is 30.1. The zero-order valence-electron chi connectivity index (χ0n) is 19.8. The minimum absolute atomic E-state index is 0.0306. The number of amides is 1. The van der Waals surface area contributed by atoms with Gasteiger partial charge in [-0.05, 0) is 32.0 Å². The van der Waals surface area contributed by atoms with E-state index in [0.717, 1.165) is 25.9 Å². The van der Waals surface area contributed by atoms with Crippen LogP contribution in [0, 0.1) is 0 Å². The fourth-order valence-corrected chi connectivity index (χ4v) is 4.49. The van der Waals surface area contributed by atoms with Crippen molar-refractivity contribution in [2.75, 3.05) is 38.2 Å². The van der Waals surface area contributed by atoms with Gasteiger partial charge in [0.05, 0.1) is 29.0 Å². The van der Waals surface area contributed by atoms with E-state index in [2.05, 4.69) is 17.1 Å². The van der Waals surface area contributed by atoms with Crippen LogP contribution in [-0.2, 0) is 19.4 Å². The quantitative estimate of drug-likeness (QED) is 0.209. The molecule has 0 spiro atoms. The highest BCUT2D eigenvalue weighted by Crippen LogP contribution is 2.29. The first-order chi connectivity index (χ1) is 16.3. The Labute approximate surface area is 203 Å². The summed E-state index contributed by atoms with van der Waals surface area (Å²) in [6.45, 7) is 6.16. The van der Waals surface area contributed by atoms with E-state index in [-0.39, 0.29) is 33.6 Å². The summed E-state index contributed by atoms with van der Waals surface area (Å²) in [7, 11) is -2.10. The van der Waals surface area contributed by atoms with Gasteiger partial charge in [-0.25, -0.2) is 18.0 Å². The summed E-state index contributed by atoms with van der Waals surface area (Å²) < 4.78 is 29.6. The predicted octanol–water partition coefficient (Wildman–Crippen LogP) is -0.837. The Morgan fingerprint density at radius 2 is 1.74 bits per heavy atom. The van der Waals surface area contributed by atoms with E-state index in [1.807, 2.05) is 0 Å². The van der Waals surface area contributed by atoms with E-state index in [1.54, 1.807) is 0 Å². The van der Waals surface area contributed by atoms with E-state index >= 15 is 0 Å². The first-order valence-corrected chi connectivity index (χ1v) is 12.5. The van der Waals surface area contributed by atoms with E-state index < -0.39 is 34.0 Å². The molecule has 1 amide bonds. The van der Waals surface area contributed by atoms with Crippen LogP contribution < -0.4 is 15.8 Å².